The van der Waals surface area contributed by atoms with Crippen LogP contribution >= 0.6 is 0 Å². The van der Waals surface area contributed by atoms with Gasteiger partial charge in [0.1, 0.15) is 5.82 Å². The first kappa shape index (κ1) is 17.3. The molecule has 0 aliphatic heterocycles. The molecule has 1 aromatic carbocycles. The SMILES string of the molecule is C/C(=C/C(=O)N(C)CC(C)(CO)CO)c1ccc(F)cc1. The second-order valence-electron chi connectivity index (χ2n) is 5.66. The van der Waals surface area contributed by atoms with Crippen LogP contribution in [0.25, 0.3) is 5.57 Å². The minimum absolute atomic E-state index is 0.207. The number of allylic oxidation sites excluding steroid dienone is 1. The first-order valence-electron chi connectivity index (χ1n) is 6.72. The molecule has 0 spiro atoms. The smallest absolute Gasteiger partial charge is 0.246 e. The van der Waals surface area contributed by atoms with Gasteiger partial charge in [0.2, 0.25) is 5.91 Å². The Morgan fingerprint density at radius 2 is 1.81 bits per heavy atom. The second kappa shape index (κ2) is 7.33. The van der Waals surface area contributed by atoms with Gasteiger partial charge in [-0.25, -0.2) is 4.39 Å². The maximum absolute atomic E-state index is 12.9. The van der Waals surface area contributed by atoms with E-state index >= 15 is 0 Å². The molecule has 116 valence electrons. The van der Waals surface area contributed by atoms with Crippen LogP contribution in [-0.4, -0.2) is 47.8 Å². The van der Waals surface area contributed by atoms with Crippen molar-refractivity contribution in [3.05, 3.63) is 41.7 Å². The molecule has 0 aliphatic rings. The molecule has 2 N–H and O–H groups in total. The number of rotatable bonds is 6. The standard InChI is InChI=1S/C16H22FNO3/c1-12(13-4-6-14(17)7-5-13)8-15(21)18(3)9-16(2,10-19)11-20/h4-8,19-20H,9-11H2,1-3H3/b12-8-. The highest BCUT2D eigenvalue weighted by Gasteiger charge is 2.25. The monoisotopic (exact) mass is 295 g/mol. The lowest BCUT2D eigenvalue weighted by Crippen LogP contribution is -2.41. The Morgan fingerprint density at radius 1 is 1.29 bits per heavy atom. The minimum atomic E-state index is -0.734. The molecule has 0 heterocycles. The Morgan fingerprint density at radius 3 is 2.29 bits per heavy atom. The summed E-state index contributed by atoms with van der Waals surface area (Å²) in [5.41, 5.74) is 0.758. The summed E-state index contributed by atoms with van der Waals surface area (Å²) >= 11 is 0. The molecule has 0 saturated heterocycles. The summed E-state index contributed by atoms with van der Waals surface area (Å²) in [6, 6.07) is 5.91. The van der Waals surface area contributed by atoms with E-state index in [0.29, 0.717) is 0 Å². The zero-order valence-corrected chi connectivity index (χ0v) is 12.6. The maximum Gasteiger partial charge on any atom is 0.246 e. The number of carbonyl (C=O) groups is 1. The van der Waals surface area contributed by atoms with E-state index in [1.165, 1.54) is 23.1 Å². The third-order valence-electron chi connectivity index (χ3n) is 3.40. The number of aliphatic hydroxyl groups is 2. The molecule has 4 nitrogen and oxygen atoms in total. The first-order chi connectivity index (χ1) is 9.81. The van der Waals surface area contributed by atoms with Crippen molar-refractivity contribution in [2.75, 3.05) is 26.8 Å². The summed E-state index contributed by atoms with van der Waals surface area (Å²) in [5, 5.41) is 18.5. The van der Waals surface area contributed by atoms with Crippen LogP contribution in [0, 0.1) is 11.2 Å². The minimum Gasteiger partial charge on any atom is -0.396 e. The molecule has 0 fully saturated rings. The van der Waals surface area contributed by atoms with E-state index in [2.05, 4.69) is 0 Å². The lowest BCUT2D eigenvalue weighted by atomic mass is 9.92. The fourth-order valence-electron chi connectivity index (χ4n) is 1.89. The molecule has 1 rings (SSSR count). The lowest BCUT2D eigenvalue weighted by Gasteiger charge is -2.29. The summed E-state index contributed by atoms with van der Waals surface area (Å²) in [4.78, 5) is 13.6. The molecule has 0 aromatic heterocycles. The van der Waals surface area contributed by atoms with Gasteiger partial charge < -0.3 is 15.1 Å². The summed E-state index contributed by atoms with van der Waals surface area (Å²) in [6.45, 7) is 3.30. The van der Waals surface area contributed by atoms with Crippen molar-refractivity contribution < 1.29 is 19.4 Å². The molecular weight excluding hydrogens is 273 g/mol. The Hall–Kier alpha value is -1.72. The van der Waals surface area contributed by atoms with Gasteiger partial charge in [0.05, 0.1) is 13.2 Å². The van der Waals surface area contributed by atoms with Crippen LogP contribution in [0.1, 0.15) is 19.4 Å². The number of hydrogen-bond acceptors (Lipinski definition) is 3. The van der Waals surface area contributed by atoms with Gasteiger partial charge in [-0.2, -0.15) is 0 Å². The topological polar surface area (TPSA) is 60.8 Å². The Balaban J connectivity index is 2.79. The van der Waals surface area contributed by atoms with Crippen molar-refractivity contribution in [3.8, 4) is 0 Å². The van der Waals surface area contributed by atoms with Gasteiger partial charge in [0.15, 0.2) is 0 Å². The van der Waals surface area contributed by atoms with E-state index in [9.17, 15) is 19.4 Å². The number of carbonyl (C=O) groups excluding carboxylic acids is 1. The van der Waals surface area contributed by atoms with Crippen molar-refractivity contribution in [2.24, 2.45) is 5.41 Å². The highest BCUT2D eigenvalue weighted by Crippen LogP contribution is 2.18. The van der Waals surface area contributed by atoms with Crippen LogP contribution in [0.4, 0.5) is 4.39 Å². The fourth-order valence-corrected chi connectivity index (χ4v) is 1.89. The summed E-state index contributed by atoms with van der Waals surface area (Å²) < 4.78 is 12.9. The van der Waals surface area contributed by atoms with Crippen molar-refractivity contribution in [1.82, 2.24) is 4.90 Å². The van der Waals surface area contributed by atoms with Gasteiger partial charge in [0, 0.05) is 25.1 Å². The van der Waals surface area contributed by atoms with Gasteiger partial charge in [0.25, 0.3) is 0 Å². The van der Waals surface area contributed by atoms with Crippen LogP contribution in [0.3, 0.4) is 0 Å². The van der Waals surface area contributed by atoms with E-state index in [-0.39, 0.29) is 31.5 Å². The van der Waals surface area contributed by atoms with Crippen LogP contribution in [0.5, 0.6) is 0 Å². The maximum atomic E-state index is 12.9. The number of benzene rings is 1. The quantitative estimate of drug-likeness (QED) is 0.785. The van der Waals surface area contributed by atoms with Gasteiger partial charge in [-0.1, -0.05) is 19.1 Å². The van der Waals surface area contributed by atoms with Gasteiger partial charge in [-0.3, -0.25) is 4.79 Å². The van der Waals surface area contributed by atoms with Crippen LogP contribution in [0.15, 0.2) is 30.3 Å². The van der Waals surface area contributed by atoms with Gasteiger partial charge in [-0.15, -0.1) is 0 Å². The van der Waals surface area contributed by atoms with Gasteiger partial charge >= 0.3 is 0 Å². The highest BCUT2D eigenvalue weighted by molar-refractivity contribution is 5.94. The van der Waals surface area contributed by atoms with E-state index in [1.54, 1.807) is 33.0 Å². The largest absolute Gasteiger partial charge is 0.396 e. The Bertz CT molecular complexity index is 507. The van der Waals surface area contributed by atoms with E-state index < -0.39 is 5.41 Å². The number of halogens is 1. The Kier molecular flexibility index (Phi) is 6.05. The van der Waals surface area contributed by atoms with Crippen LogP contribution in [0.2, 0.25) is 0 Å². The molecule has 0 unspecified atom stereocenters. The number of amides is 1. The molecule has 1 aromatic rings. The van der Waals surface area contributed by atoms with Crippen molar-refractivity contribution in [2.45, 2.75) is 13.8 Å². The molecule has 0 saturated carbocycles. The van der Waals surface area contributed by atoms with E-state index in [4.69, 9.17) is 0 Å². The molecule has 1 amide bonds. The van der Waals surface area contributed by atoms with Crippen LogP contribution < -0.4 is 0 Å². The lowest BCUT2D eigenvalue weighted by molar-refractivity contribution is -0.126. The molecule has 0 radical (unpaired) electrons. The average Bonchev–Trinajstić information content (AvgIpc) is 2.47. The molecule has 21 heavy (non-hydrogen) atoms. The number of nitrogens with zero attached hydrogens (tertiary/aromatic N) is 1. The highest BCUT2D eigenvalue weighted by atomic mass is 19.1. The summed E-state index contributed by atoms with van der Waals surface area (Å²) in [6.07, 6.45) is 1.46. The number of likely N-dealkylation sites (N-methyl/N-ethyl adjacent to an activating group) is 1. The molecule has 0 bridgehead atoms. The third kappa shape index (κ3) is 4.95. The average molecular weight is 295 g/mol. The zero-order valence-electron chi connectivity index (χ0n) is 12.6. The molecular formula is C16H22FNO3. The third-order valence-corrected chi connectivity index (χ3v) is 3.40. The molecule has 5 heteroatoms. The van der Waals surface area contributed by atoms with Crippen molar-refractivity contribution in [1.29, 1.82) is 0 Å². The van der Waals surface area contributed by atoms with E-state index in [1.807, 2.05) is 0 Å². The predicted molar refractivity (Wildman–Crippen MR) is 80.0 cm³/mol. The normalized spacial score (nSPS) is 12.4. The summed E-state index contributed by atoms with van der Waals surface area (Å²) in [7, 11) is 1.61. The van der Waals surface area contributed by atoms with Crippen molar-refractivity contribution in [3.63, 3.8) is 0 Å². The zero-order chi connectivity index (χ0) is 16.0. The predicted octanol–water partition coefficient (Wildman–Crippen LogP) is 1.68. The fraction of sp³-hybridized carbons (Fsp3) is 0.438. The second-order valence-corrected chi connectivity index (χ2v) is 5.66. The number of aliphatic hydroxyl groups excluding tert-OH is 2. The summed E-state index contributed by atoms with van der Waals surface area (Å²) in [5.74, 6) is -0.554. The molecule has 0 atom stereocenters. The van der Waals surface area contributed by atoms with E-state index in [0.717, 1.165) is 11.1 Å². The first-order valence-corrected chi connectivity index (χ1v) is 6.72. The molecule has 0 aliphatic carbocycles. The van der Waals surface area contributed by atoms with Crippen LogP contribution in [-0.2, 0) is 4.79 Å². The van der Waals surface area contributed by atoms with Gasteiger partial charge in [-0.05, 0) is 30.2 Å². The van der Waals surface area contributed by atoms with Crippen molar-refractivity contribution >= 4 is 11.5 Å². The number of hydrogen-bond donors (Lipinski definition) is 2. The Labute approximate surface area is 124 Å².